The molecule has 0 spiro atoms. The molecule has 1 aromatic heterocycles. The summed E-state index contributed by atoms with van der Waals surface area (Å²) in [5.74, 6) is -0.0183. The third-order valence-electron chi connectivity index (χ3n) is 2.63. The van der Waals surface area contributed by atoms with Crippen LogP contribution in [0, 0.1) is 5.82 Å². The van der Waals surface area contributed by atoms with Gasteiger partial charge in [-0.05, 0) is 18.6 Å². The number of aromatic nitrogens is 3. The second kappa shape index (κ2) is 5.26. The maximum atomic E-state index is 13.5. The first-order valence-corrected chi connectivity index (χ1v) is 7.84. The van der Waals surface area contributed by atoms with Gasteiger partial charge in [0.15, 0.2) is 0 Å². The molecule has 102 valence electrons. The Labute approximate surface area is 114 Å². The fourth-order valence-electron chi connectivity index (χ4n) is 1.76. The van der Waals surface area contributed by atoms with Crippen molar-refractivity contribution in [3.8, 4) is 0 Å². The van der Waals surface area contributed by atoms with E-state index < -0.39 is 9.05 Å². The molecule has 0 aliphatic rings. The van der Waals surface area contributed by atoms with Crippen LogP contribution in [-0.2, 0) is 22.0 Å². The normalized spacial score (nSPS) is 11.7. The molecule has 0 fully saturated rings. The molecule has 8 heteroatoms. The van der Waals surface area contributed by atoms with Gasteiger partial charge in [-0.15, -0.1) is 10.2 Å². The van der Waals surface area contributed by atoms with Gasteiger partial charge >= 0.3 is 0 Å². The minimum atomic E-state index is -3.96. The van der Waals surface area contributed by atoms with Crippen LogP contribution < -0.4 is 0 Å². The Morgan fingerprint density at radius 1 is 1.32 bits per heavy atom. The third-order valence-corrected chi connectivity index (χ3v) is 3.79. The smallest absolute Gasteiger partial charge is 0.296 e. The average molecular weight is 304 g/mol. The number of rotatable bonds is 4. The first-order valence-electron chi connectivity index (χ1n) is 5.53. The molecule has 0 saturated heterocycles. The van der Waals surface area contributed by atoms with E-state index in [0.29, 0.717) is 17.9 Å². The Morgan fingerprint density at radius 2 is 2.00 bits per heavy atom. The first-order chi connectivity index (χ1) is 8.93. The molecule has 0 bridgehead atoms. The Hall–Kier alpha value is -1.47. The van der Waals surface area contributed by atoms with Crippen LogP contribution >= 0.6 is 10.7 Å². The summed E-state index contributed by atoms with van der Waals surface area (Å²) in [7, 11) is 1.31. The highest BCUT2D eigenvalue weighted by atomic mass is 35.7. The van der Waals surface area contributed by atoms with Crippen LogP contribution in [0.15, 0.2) is 29.4 Å². The molecule has 0 aliphatic heterocycles. The topological polar surface area (TPSA) is 64.8 Å². The highest BCUT2D eigenvalue weighted by Crippen LogP contribution is 2.17. The summed E-state index contributed by atoms with van der Waals surface area (Å²) in [6.45, 7) is 2.07. The summed E-state index contributed by atoms with van der Waals surface area (Å²) in [5, 5.41) is 7.01. The zero-order valence-electron chi connectivity index (χ0n) is 10.0. The van der Waals surface area contributed by atoms with Crippen LogP contribution in [-0.4, -0.2) is 23.2 Å². The van der Waals surface area contributed by atoms with Crippen LogP contribution in [0.25, 0.3) is 0 Å². The summed E-state index contributed by atoms with van der Waals surface area (Å²) in [4.78, 5) is 0. The zero-order valence-corrected chi connectivity index (χ0v) is 11.6. The van der Waals surface area contributed by atoms with E-state index in [1.807, 2.05) is 0 Å². The first kappa shape index (κ1) is 14.0. The van der Waals surface area contributed by atoms with E-state index in [1.54, 1.807) is 25.1 Å². The highest BCUT2D eigenvalue weighted by molar-refractivity contribution is 8.13. The lowest BCUT2D eigenvalue weighted by Gasteiger charge is -2.06. The predicted molar refractivity (Wildman–Crippen MR) is 67.9 cm³/mol. The van der Waals surface area contributed by atoms with Crippen LogP contribution in [0.2, 0.25) is 0 Å². The van der Waals surface area contributed by atoms with Crippen molar-refractivity contribution < 1.29 is 12.8 Å². The van der Waals surface area contributed by atoms with E-state index in [0.717, 1.165) is 0 Å². The summed E-state index contributed by atoms with van der Waals surface area (Å²) in [6, 6.07) is 6.22. The largest absolute Gasteiger partial charge is 0.301 e. The zero-order chi connectivity index (χ0) is 14.0. The third kappa shape index (κ3) is 2.93. The number of benzene rings is 1. The molecule has 0 saturated carbocycles. The maximum absolute atomic E-state index is 13.5. The van der Waals surface area contributed by atoms with E-state index in [2.05, 4.69) is 10.2 Å². The van der Waals surface area contributed by atoms with E-state index in [1.165, 1.54) is 10.6 Å². The number of hydrogen-bond donors (Lipinski definition) is 0. The van der Waals surface area contributed by atoms with Crippen molar-refractivity contribution in [3.63, 3.8) is 0 Å². The standard InChI is InChI=1S/C11H11ClFN3O2S/c1-2-16-10(14-15-11(16)19(12,17)18)7-8-5-3-4-6-9(8)13/h3-6H,2,7H2,1H3. The van der Waals surface area contributed by atoms with Gasteiger partial charge in [0.05, 0.1) is 0 Å². The minimum absolute atomic E-state index is 0.153. The molecule has 19 heavy (non-hydrogen) atoms. The lowest BCUT2D eigenvalue weighted by Crippen LogP contribution is -2.09. The molecule has 1 heterocycles. The lowest BCUT2D eigenvalue weighted by atomic mass is 10.1. The summed E-state index contributed by atoms with van der Waals surface area (Å²) < 4.78 is 37.5. The Kier molecular flexibility index (Phi) is 3.86. The van der Waals surface area contributed by atoms with Crippen molar-refractivity contribution in [1.82, 2.24) is 14.8 Å². The van der Waals surface area contributed by atoms with Gasteiger partial charge in [-0.1, -0.05) is 18.2 Å². The monoisotopic (exact) mass is 303 g/mol. The van der Waals surface area contributed by atoms with Crippen molar-refractivity contribution in [2.24, 2.45) is 0 Å². The van der Waals surface area contributed by atoms with Crippen molar-refractivity contribution >= 4 is 19.7 Å². The summed E-state index contributed by atoms with van der Waals surface area (Å²) in [6.07, 6.45) is 0.153. The Bertz CT molecular complexity index is 700. The number of halogens is 2. The average Bonchev–Trinajstić information content (AvgIpc) is 2.74. The summed E-state index contributed by atoms with van der Waals surface area (Å²) >= 11 is 0. The molecule has 2 rings (SSSR count). The van der Waals surface area contributed by atoms with Crippen molar-refractivity contribution in [2.75, 3.05) is 0 Å². The molecule has 0 N–H and O–H groups in total. The lowest BCUT2D eigenvalue weighted by molar-refractivity contribution is 0.574. The van der Waals surface area contributed by atoms with Crippen molar-refractivity contribution in [2.45, 2.75) is 25.0 Å². The molecule has 0 aliphatic carbocycles. The number of nitrogens with zero attached hydrogens (tertiary/aromatic N) is 3. The fourth-order valence-corrected chi connectivity index (χ4v) is 2.74. The molecule has 0 atom stereocenters. The molecule has 0 amide bonds. The molecule has 2 aromatic rings. The minimum Gasteiger partial charge on any atom is -0.301 e. The van der Waals surface area contributed by atoms with Crippen LogP contribution in [0.1, 0.15) is 18.3 Å². The molecular formula is C11H11ClFN3O2S. The van der Waals surface area contributed by atoms with Crippen molar-refractivity contribution in [3.05, 3.63) is 41.5 Å². The van der Waals surface area contributed by atoms with Gasteiger partial charge in [-0.3, -0.25) is 0 Å². The van der Waals surface area contributed by atoms with Gasteiger partial charge in [0.1, 0.15) is 11.6 Å². The maximum Gasteiger partial charge on any atom is 0.296 e. The highest BCUT2D eigenvalue weighted by Gasteiger charge is 2.22. The number of hydrogen-bond acceptors (Lipinski definition) is 4. The molecule has 5 nitrogen and oxygen atoms in total. The quantitative estimate of drug-likeness (QED) is 0.810. The molecule has 0 radical (unpaired) electrons. The van der Waals surface area contributed by atoms with Crippen molar-refractivity contribution in [1.29, 1.82) is 0 Å². The SMILES string of the molecule is CCn1c(Cc2ccccc2F)nnc1S(=O)(=O)Cl. The van der Waals surface area contributed by atoms with Crippen LogP contribution in [0.5, 0.6) is 0 Å². The second-order valence-corrected chi connectivity index (χ2v) is 6.31. The van der Waals surface area contributed by atoms with Gasteiger partial charge in [0, 0.05) is 23.6 Å². The van der Waals surface area contributed by atoms with Gasteiger partial charge in [-0.2, -0.15) is 0 Å². The molecule has 1 aromatic carbocycles. The van der Waals surface area contributed by atoms with E-state index in [4.69, 9.17) is 10.7 Å². The van der Waals surface area contributed by atoms with Gasteiger partial charge in [0.25, 0.3) is 14.2 Å². The molecule has 0 unspecified atom stereocenters. The predicted octanol–water partition coefficient (Wildman–Crippen LogP) is 1.96. The van der Waals surface area contributed by atoms with Crippen LogP contribution in [0.4, 0.5) is 4.39 Å². The second-order valence-electron chi connectivity index (χ2n) is 3.85. The van der Waals surface area contributed by atoms with Crippen LogP contribution in [0.3, 0.4) is 0 Å². The van der Waals surface area contributed by atoms with Gasteiger partial charge in [-0.25, -0.2) is 12.8 Å². The van der Waals surface area contributed by atoms with E-state index >= 15 is 0 Å². The molecular weight excluding hydrogens is 293 g/mol. The van der Waals surface area contributed by atoms with Gasteiger partial charge in [0.2, 0.25) is 0 Å². The Balaban J connectivity index is 2.43. The van der Waals surface area contributed by atoms with E-state index in [-0.39, 0.29) is 17.4 Å². The Morgan fingerprint density at radius 3 is 2.58 bits per heavy atom. The summed E-state index contributed by atoms with van der Waals surface area (Å²) in [5.41, 5.74) is 0.420. The fraction of sp³-hybridized carbons (Fsp3) is 0.273. The van der Waals surface area contributed by atoms with E-state index in [9.17, 15) is 12.8 Å². The van der Waals surface area contributed by atoms with Gasteiger partial charge < -0.3 is 4.57 Å².